The van der Waals surface area contributed by atoms with Crippen LogP contribution in [0.15, 0.2) is 36.5 Å². The third kappa shape index (κ3) is 5.04. The molecule has 1 aromatic heterocycles. The van der Waals surface area contributed by atoms with Gasteiger partial charge in [-0.3, -0.25) is 0 Å². The monoisotopic (exact) mass is 286 g/mol. The fraction of sp³-hybridized carbons (Fsp3) is 0.375. The minimum absolute atomic E-state index is 0.634. The van der Waals surface area contributed by atoms with E-state index in [0.717, 1.165) is 31.9 Å². The van der Waals surface area contributed by atoms with Crippen molar-refractivity contribution in [1.82, 2.24) is 9.97 Å². The van der Waals surface area contributed by atoms with Gasteiger partial charge in [0.1, 0.15) is 5.82 Å². The number of nitrogens with zero attached hydrogens (tertiary/aromatic N) is 2. The smallest absolute Gasteiger partial charge is 0.224 e. The molecule has 0 fully saturated rings. The summed E-state index contributed by atoms with van der Waals surface area (Å²) in [6, 6.07) is 10.2. The Hall–Kier alpha value is -2.14. The summed E-state index contributed by atoms with van der Waals surface area (Å²) in [6.45, 7) is 4.41. The normalized spacial score (nSPS) is 10.4. The minimum atomic E-state index is 0.634. The molecule has 0 radical (unpaired) electrons. The second kappa shape index (κ2) is 8.21. The van der Waals surface area contributed by atoms with E-state index in [1.54, 1.807) is 13.3 Å². The molecule has 1 aromatic carbocycles. The molecule has 1 heterocycles. The Balaban J connectivity index is 1.87. The van der Waals surface area contributed by atoms with Crippen molar-refractivity contribution in [3.8, 4) is 0 Å². The number of methoxy groups -OCH3 is 1. The zero-order valence-corrected chi connectivity index (χ0v) is 12.6. The first-order valence-corrected chi connectivity index (χ1v) is 7.14. The van der Waals surface area contributed by atoms with Crippen molar-refractivity contribution in [2.75, 3.05) is 30.9 Å². The minimum Gasteiger partial charge on any atom is -0.385 e. The van der Waals surface area contributed by atoms with Crippen LogP contribution in [0, 0.1) is 6.92 Å². The first-order chi connectivity index (χ1) is 10.3. The van der Waals surface area contributed by atoms with Gasteiger partial charge in [-0.1, -0.05) is 24.3 Å². The third-order valence-corrected chi connectivity index (χ3v) is 3.19. The fourth-order valence-corrected chi connectivity index (χ4v) is 1.96. The predicted octanol–water partition coefficient (Wildman–Crippen LogP) is 2.85. The number of hydrogen-bond donors (Lipinski definition) is 2. The molecular weight excluding hydrogens is 264 g/mol. The Labute approximate surface area is 125 Å². The SMILES string of the molecule is COCCCNc1ccnc(NCc2ccccc2C)n1. The summed E-state index contributed by atoms with van der Waals surface area (Å²) in [5.74, 6) is 1.46. The van der Waals surface area contributed by atoms with Gasteiger partial charge in [0.05, 0.1) is 0 Å². The van der Waals surface area contributed by atoms with Gasteiger partial charge < -0.3 is 15.4 Å². The van der Waals surface area contributed by atoms with Crippen molar-refractivity contribution in [2.45, 2.75) is 19.9 Å². The molecule has 112 valence electrons. The zero-order chi connectivity index (χ0) is 14.9. The Morgan fingerprint density at radius 1 is 1.14 bits per heavy atom. The van der Waals surface area contributed by atoms with Gasteiger partial charge >= 0.3 is 0 Å². The topological polar surface area (TPSA) is 59.1 Å². The van der Waals surface area contributed by atoms with Crippen LogP contribution < -0.4 is 10.6 Å². The number of ether oxygens (including phenoxy) is 1. The van der Waals surface area contributed by atoms with Crippen molar-refractivity contribution >= 4 is 11.8 Å². The molecule has 0 atom stereocenters. The number of hydrogen-bond acceptors (Lipinski definition) is 5. The van der Waals surface area contributed by atoms with Crippen molar-refractivity contribution in [3.63, 3.8) is 0 Å². The number of aromatic nitrogens is 2. The molecule has 0 amide bonds. The maximum absolute atomic E-state index is 5.02. The van der Waals surface area contributed by atoms with E-state index in [-0.39, 0.29) is 0 Å². The highest BCUT2D eigenvalue weighted by molar-refractivity contribution is 5.40. The van der Waals surface area contributed by atoms with Crippen LogP contribution in [0.1, 0.15) is 17.5 Å². The van der Waals surface area contributed by atoms with Gasteiger partial charge in [0.2, 0.25) is 5.95 Å². The quantitative estimate of drug-likeness (QED) is 0.731. The Morgan fingerprint density at radius 2 is 2.00 bits per heavy atom. The van der Waals surface area contributed by atoms with Crippen LogP contribution in [0.5, 0.6) is 0 Å². The molecule has 0 unspecified atom stereocenters. The lowest BCUT2D eigenvalue weighted by molar-refractivity contribution is 0.198. The predicted molar refractivity (Wildman–Crippen MR) is 85.5 cm³/mol. The Morgan fingerprint density at radius 3 is 2.81 bits per heavy atom. The number of benzene rings is 1. The third-order valence-electron chi connectivity index (χ3n) is 3.19. The molecule has 0 aliphatic carbocycles. The van der Waals surface area contributed by atoms with E-state index >= 15 is 0 Å². The molecule has 2 aromatic rings. The van der Waals surface area contributed by atoms with Gasteiger partial charge in [0.15, 0.2) is 0 Å². The van der Waals surface area contributed by atoms with Crippen molar-refractivity contribution in [3.05, 3.63) is 47.7 Å². The van der Waals surface area contributed by atoms with Crippen molar-refractivity contribution in [1.29, 1.82) is 0 Å². The van der Waals surface area contributed by atoms with E-state index in [0.29, 0.717) is 5.95 Å². The number of anilines is 2. The first kappa shape index (κ1) is 15.3. The van der Waals surface area contributed by atoms with Crippen molar-refractivity contribution < 1.29 is 4.74 Å². The average Bonchev–Trinajstić information content (AvgIpc) is 2.51. The van der Waals surface area contributed by atoms with E-state index in [9.17, 15) is 0 Å². The van der Waals surface area contributed by atoms with Gasteiger partial charge in [-0.15, -0.1) is 0 Å². The summed E-state index contributed by atoms with van der Waals surface area (Å²) in [5, 5.41) is 6.52. The summed E-state index contributed by atoms with van der Waals surface area (Å²) in [5.41, 5.74) is 2.51. The summed E-state index contributed by atoms with van der Waals surface area (Å²) in [4.78, 5) is 8.68. The maximum atomic E-state index is 5.02. The highest BCUT2D eigenvalue weighted by atomic mass is 16.5. The van der Waals surface area contributed by atoms with Gasteiger partial charge in [0, 0.05) is 33.0 Å². The van der Waals surface area contributed by atoms with E-state index in [4.69, 9.17) is 4.74 Å². The van der Waals surface area contributed by atoms with Gasteiger partial charge in [-0.05, 0) is 30.5 Å². The summed E-state index contributed by atoms with van der Waals surface area (Å²) in [7, 11) is 1.71. The maximum Gasteiger partial charge on any atom is 0.224 e. The van der Waals surface area contributed by atoms with E-state index in [1.165, 1.54) is 11.1 Å². The molecule has 0 saturated heterocycles. The lowest BCUT2D eigenvalue weighted by Crippen LogP contribution is -2.09. The van der Waals surface area contributed by atoms with Crippen LogP contribution in [-0.4, -0.2) is 30.2 Å². The first-order valence-electron chi connectivity index (χ1n) is 7.14. The molecule has 0 spiro atoms. The molecule has 2 N–H and O–H groups in total. The summed E-state index contributed by atoms with van der Waals surface area (Å²) in [6.07, 6.45) is 2.71. The lowest BCUT2D eigenvalue weighted by Gasteiger charge is -2.09. The molecule has 5 nitrogen and oxygen atoms in total. The van der Waals surface area contributed by atoms with Gasteiger partial charge in [0.25, 0.3) is 0 Å². The van der Waals surface area contributed by atoms with Crippen LogP contribution in [-0.2, 0) is 11.3 Å². The van der Waals surface area contributed by atoms with Crippen LogP contribution in [0.3, 0.4) is 0 Å². The average molecular weight is 286 g/mol. The van der Waals surface area contributed by atoms with Crippen LogP contribution in [0.25, 0.3) is 0 Å². The van der Waals surface area contributed by atoms with E-state index in [2.05, 4.69) is 39.7 Å². The second-order valence-corrected chi connectivity index (χ2v) is 4.82. The Kier molecular flexibility index (Phi) is 5.97. The van der Waals surface area contributed by atoms with Crippen LogP contribution in [0.2, 0.25) is 0 Å². The molecule has 0 saturated carbocycles. The molecule has 0 bridgehead atoms. The fourth-order valence-electron chi connectivity index (χ4n) is 1.96. The van der Waals surface area contributed by atoms with Crippen molar-refractivity contribution in [2.24, 2.45) is 0 Å². The van der Waals surface area contributed by atoms with Crippen LogP contribution in [0.4, 0.5) is 11.8 Å². The van der Waals surface area contributed by atoms with Gasteiger partial charge in [-0.25, -0.2) is 4.98 Å². The molecule has 21 heavy (non-hydrogen) atoms. The molecule has 0 aliphatic rings. The molecular formula is C16H22N4O. The number of rotatable bonds is 8. The van der Waals surface area contributed by atoms with Gasteiger partial charge in [-0.2, -0.15) is 4.98 Å². The highest BCUT2D eigenvalue weighted by Gasteiger charge is 2.01. The molecule has 5 heteroatoms. The summed E-state index contributed by atoms with van der Waals surface area (Å²) >= 11 is 0. The zero-order valence-electron chi connectivity index (χ0n) is 12.6. The standard InChI is InChI=1S/C16H22N4O/c1-13-6-3-4-7-14(13)12-19-16-18-10-8-15(20-16)17-9-5-11-21-2/h3-4,6-8,10H,5,9,11-12H2,1-2H3,(H2,17,18,19,20). The van der Waals surface area contributed by atoms with E-state index < -0.39 is 0 Å². The van der Waals surface area contributed by atoms with E-state index in [1.807, 2.05) is 18.2 Å². The second-order valence-electron chi connectivity index (χ2n) is 4.82. The molecule has 0 aliphatic heterocycles. The molecule has 2 rings (SSSR count). The Bertz CT molecular complexity index is 559. The lowest BCUT2D eigenvalue weighted by atomic mass is 10.1. The van der Waals surface area contributed by atoms with Crippen LogP contribution >= 0.6 is 0 Å². The number of aryl methyl sites for hydroxylation is 1. The highest BCUT2D eigenvalue weighted by Crippen LogP contribution is 2.10. The largest absolute Gasteiger partial charge is 0.385 e. The number of nitrogens with one attached hydrogen (secondary N) is 2. The summed E-state index contributed by atoms with van der Waals surface area (Å²) < 4.78 is 5.02.